The predicted molar refractivity (Wildman–Crippen MR) is 65.9 cm³/mol. The van der Waals surface area contributed by atoms with Crippen molar-refractivity contribution in [3.8, 4) is 0 Å². The zero-order chi connectivity index (χ0) is 11.9. The maximum absolute atomic E-state index is 8.07. The van der Waals surface area contributed by atoms with Crippen molar-refractivity contribution in [2.75, 3.05) is 13.2 Å². The van der Waals surface area contributed by atoms with Gasteiger partial charge in [-0.15, -0.1) is 0 Å². The third-order valence-corrected chi connectivity index (χ3v) is 1.45. The van der Waals surface area contributed by atoms with Gasteiger partial charge in [0.1, 0.15) is 0 Å². The van der Waals surface area contributed by atoms with Gasteiger partial charge in [0, 0.05) is 13.2 Å². The van der Waals surface area contributed by atoms with Crippen LogP contribution >= 0.6 is 0 Å². The lowest BCUT2D eigenvalue weighted by atomic mass is 10.2. The van der Waals surface area contributed by atoms with Crippen LogP contribution in [0.3, 0.4) is 0 Å². The smallest absolute Gasteiger partial charge is 0.0430 e. The molecule has 0 aliphatic carbocycles. The number of hydrogen-bond donors (Lipinski definition) is 2. The molecule has 0 radical (unpaired) electrons. The first-order chi connectivity index (χ1) is 7.22. The fraction of sp³-hybridized carbons (Fsp3) is 0.538. The molecular weight excluding hydrogens is 188 g/mol. The molecule has 0 bridgehead atoms. The second kappa shape index (κ2) is 15.6. The van der Waals surface area contributed by atoms with Crippen LogP contribution in [0.2, 0.25) is 0 Å². The average Bonchev–Trinajstić information content (AvgIpc) is 2.22. The molecule has 2 N–H and O–H groups in total. The van der Waals surface area contributed by atoms with Crippen molar-refractivity contribution in [2.45, 2.75) is 33.6 Å². The Morgan fingerprint density at radius 1 is 1.00 bits per heavy atom. The molecule has 2 heteroatoms. The molecule has 2 nitrogen and oxygen atoms in total. The summed E-state index contributed by atoms with van der Waals surface area (Å²) in [5.41, 5.74) is 1.32. The molecule has 15 heavy (non-hydrogen) atoms. The van der Waals surface area contributed by atoms with E-state index in [0.717, 1.165) is 12.8 Å². The Morgan fingerprint density at radius 2 is 1.47 bits per heavy atom. The molecule has 0 fully saturated rings. The van der Waals surface area contributed by atoms with Crippen LogP contribution < -0.4 is 0 Å². The third kappa shape index (κ3) is 19.5. The van der Waals surface area contributed by atoms with E-state index in [1.807, 2.05) is 18.2 Å². The lowest BCUT2D eigenvalue weighted by Crippen LogP contribution is -1.75. The van der Waals surface area contributed by atoms with Gasteiger partial charge >= 0.3 is 0 Å². The maximum atomic E-state index is 8.07. The monoisotopic (exact) mass is 212 g/mol. The number of aliphatic hydroxyl groups is 2. The van der Waals surface area contributed by atoms with E-state index < -0.39 is 0 Å². The number of unbranched alkanes of at least 4 members (excludes halogenated alkanes) is 1. The Bertz CT molecular complexity index is 183. The second-order valence-corrected chi connectivity index (χ2v) is 3.05. The third-order valence-electron chi connectivity index (χ3n) is 1.45. The molecule has 0 aromatic heterocycles. The highest BCUT2D eigenvalue weighted by molar-refractivity contribution is 5.11. The van der Waals surface area contributed by atoms with Gasteiger partial charge in [-0.05, 0) is 20.3 Å². The van der Waals surface area contributed by atoms with Crippen LogP contribution in [-0.2, 0) is 0 Å². The zero-order valence-corrected chi connectivity index (χ0v) is 10.1. The van der Waals surface area contributed by atoms with Crippen LogP contribution in [0.1, 0.15) is 32.3 Å². The highest BCUT2D eigenvalue weighted by Crippen LogP contribution is 1.92. The topological polar surface area (TPSA) is 40.5 Å². The predicted octanol–water partition coefficient (Wildman–Crippen LogP) is 2.77. The van der Waals surface area contributed by atoms with Crippen LogP contribution in [0.15, 0.2) is 30.3 Å². The highest BCUT2D eigenvalue weighted by atomic mass is 16.3. The molecule has 1 aromatic rings. The number of benzene rings is 1. The summed E-state index contributed by atoms with van der Waals surface area (Å²) >= 11 is 0. The van der Waals surface area contributed by atoms with Crippen molar-refractivity contribution in [3.05, 3.63) is 35.9 Å². The van der Waals surface area contributed by atoms with Gasteiger partial charge in [0.2, 0.25) is 0 Å². The van der Waals surface area contributed by atoms with Gasteiger partial charge in [-0.25, -0.2) is 0 Å². The van der Waals surface area contributed by atoms with Crippen LogP contribution in [0, 0.1) is 6.92 Å². The van der Waals surface area contributed by atoms with Crippen LogP contribution in [0.4, 0.5) is 0 Å². The molecule has 0 saturated heterocycles. The lowest BCUT2D eigenvalue weighted by molar-refractivity contribution is 0.287. The van der Waals surface area contributed by atoms with Crippen molar-refractivity contribution < 1.29 is 10.2 Å². The van der Waals surface area contributed by atoms with Gasteiger partial charge in [-0.2, -0.15) is 0 Å². The summed E-state index contributed by atoms with van der Waals surface area (Å²) < 4.78 is 0. The van der Waals surface area contributed by atoms with Gasteiger partial charge < -0.3 is 10.2 Å². The molecular formula is C13H24O2. The Balaban J connectivity index is 0. The molecule has 88 valence electrons. The Kier molecular flexibility index (Phi) is 17.2. The fourth-order valence-corrected chi connectivity index (χ4v) is 0.692. The minimum absolute atomic E-state index is 0.250. The molecule has 0 atom stereocenters. The molecule has 0 unspecified atom stereocenters. The van der Waals surface area contributed by atoms with Crippen molar-refractivity contribution in [2.24, 2.45) is 0 Å². The number of aliphatic hydroxyl groups excluding tert-OH is 2. The van der Waals surface area contributed by atoms with E-state index in [0.29, 0.717) is 6.61 Å². The van der Waals surface area contributed by atoms with E-state index in [4.69, 9.17) is 10.2 Å². The summed E-state index contributed by atoms with van der Waals surface area (Å²) in [7, 11) is 0. The van der Waals surface area contributed by atoms with Gasteiger partial charge in [-0.1, -0.05) is 49.2 Å². The number of aryl methyl sites for hydroxylation is 1. The first kappa shape index (κ1) is 16.6. The largest absolute Gasteiger partial charge is 0.397 e. The average molecular weight is 212 g/mol. The van der Waals surface area contributed by atoms with Crippen LogP contribution in [-0.4, -0.2) is 23.4 Å². The molecule has 0 aliphatic heterocycles. The van der Waals surface area contributed by atoms with E-state index in [9.17, 15) is 0 Å². The maximum Gasteiger partial charge on any atom is 0.0430 e. The van der Waals surface area contributed by atoms with E-state index in [2.05, 4.69) is 26.0 Å². The SMILES string of the molecule is CCCCO.CCO.Cc1ccccc1. The number of hydrogen-bond acceptors (Lipinski definition) is 2. The van der Waals surface area contributed by atoms with Crippen LogP contribution in [0.5, 0.6) is 0 Å². The Labute approximate surface area is 93.6 Å². The van der Waals surface area contributed by atoms with Crippen molar-refractivity contribution >= 4 is 0 Å². The lowest BCUT2D eigenvalue weighted by Gasteiger charge is -1.82. The molecule has 0 saturated carbocycles. The first-order valence-corrected chi connectivity index (χ1v) is 5.46. The molecule has 0 amide bonds. The van der Waals surface area contributed by atoms with E-state index in [-0.39, 0.29) is 6.61 Å². The van der Waals surface area contributed by atoms with Crippen LogP contribution in [0.25, 0.3) is 0 Å². The van der Waals surface area contributed by atoms with E-state index in [1.54, 1.807) is 6.92 Å². The molecule has 1 rings (SSSR count). The van der Waals surface area contributed by atoms with Gasteiger partial charge in [0.25, 0.3) is 0 Å². The molecule has 0 spiro atoms. The fourth-order valence-electron chi connectivity index (χ4n) is 0.692. The standard InChI is InChI=1S/C7H8.C4H10O.C2H6O/c1-7-5-3-2-4-6-7;1-2-3-4-5;1-2-3/h2-6H,1H3;5H,2-4H2,1H3;3H,2H2,1H3. The minimum atomic E-state index is 0.250. The summed E-state index contributed by atoms with van der Waals surface area (Å²) in [6.45, 7) is 6.41. The van der Waals surface area contributed by atoms with Gasteiger partial charge in [-0.3, -0.25) is 0 Å². The first-order valence-electron chi connectivity index (χ1n) is 5.46. The molecule has 0 heterocycles. The molecule has 0 aliphatic rings. The Hall–Kier alpha value is -0.860. The summed E-state index contributed by atoms with van der Waals surface area (Å²) in [5.74, 6) is 0. The Morgan fingerprint density at radius 3 is 1.60 bits per heavy atom. The summed E-state index contributed by atoms with van der Waals surface area (Å²) in [6, 6.07) is 10.3. The van der Waals surface area contributed by atoms with E-state index >= 15 is 0 Å². The summed E-state index contributed by atoms with van der Waals surface area (Å²) in [4.78, 5) is 0. The van der Waals surface area contributed by atoms with E-state index in [1.165, 1.54) is 5.56 Å². The highest BCUT2D eigenvalue weighted by Gasteiger charge is 1.72. The molecule has 1 aromatic carbocycles. The normalized spacial score (nSPS) is 8.07. The number of rotatable bonds is 2. The second-order valence-electron chi connectivity index (χ2n) is 3.05. The van der Waals surface area contributed by atoms with Crippen molar-refractivity contribution in [3.63, 3.8) is 0 Å². The van der Waals surface area contributed by atoms with Gasteiger partial charge in [0.05, 0.1) is 0 Å². The zero-order valence-electron chi connectivity index (χ0n) is 10.1. The quantitative estimate of drug-likeness (QED) is 0.791. The summed E-state index contributed by atoms with van der Waals surface area (Å²) in [6.07, 6.45) is 2.04. The van der Waals surface area contributed by atoms with Crippen molar-refractivity contribution in [1.29, 1.82) is 0 Å². The minimum Gasteiger partial charge on any atom is -0.397 e. The van der Waals surface area contributed by atoms with Gasteiger partial charge in [0.15, 0.2) is 0 Å². The summed E-state index contributed by atoms with van der Waals surface area (Å²) in [5, 5.41) is 15.6. The van der Waals surface area contributed by atoms with Crippen molar-refractivity contribution in [1.82, 2.24) is 0 Å².